The molecule has 1 heterocycles. The first-order chi connectivity index (χ1) is 5.52. The molecule has 1 rings (SSSR count). The lowest BCUT2D eigenvalue weighted by Gasteiger charge is -2.19. The molecular weight excluding hydrogens is 182 g/mol. The van der Waals surface area contributed by atoms with Crippen molar-refractivity contribution in [3.8, 4) is 0 Å². The molecule has 1 N–H and O–H groups in total. The van der Waals surface area contributed by atoms with E-state index in [2.05, 4.69) is 0 Å². The van der Waals surface area contributed by atoms with Crippen LogP contribution in [0.3, 0.4) is 0 Å². The van der Waals surface area contributed by atoms with E-state index in [0.717, 1.165) is 0 Å². The van der Waals surface area contributed by atoms with Crippen LogP contribution in [0.4, 0.5) is 0 Å². The average Bonchev–Trinajstić information content (AvgIpc) is 2.28. The van der Waals surface area contributed by atoms with E-state index < -0.39 is 12.0 Å². The second-order valence-corrected chi connectivity index (χ2v) is 3.48. The monoisotopic (exact) mass is 191 g/mol. The van der Waals surface area contributed by atoms with E-state index in [1.165, 1.54) is 11.8 Å². The number of alkyl halides is 1. The van der Waals surface area contributed by atoms with Crippen LogP contribution < -0.4 is 0 Å². The number of carboxylic acid groups (broad SMARTS) is 1. The van der Waals surface area contributed by atoms with Gasteiger partial charge in [-0.25, -0.2) is 4.79 Å². The zero-order chi connectivity index (χ0) is 9.30. The minimum absolute atomic E-state index is 0.176. The summed E-state index contributed by atoms with van der Waals surface area (Å²) in [6.07, 6.45) is 0.249. The van der Waals surface area contributed by atoms with Crippen molar-refractivity contribution in [2.75, 3.05) is 6.54 Å². The maximum Gasteiger partial charge on any atom is 0.326 e. The maximum atomic E-state index is 11.1. The number of carbonyl (C=O) groups is 2. The largest absolute Gasteiger partial charge is 0.480 e. The first-order valence-electron chi connectivity index (χ1n) is 3.68. The van der Waals surface area contributed by atoms with E-state index in [1.54, 1.807) is 0 Å². The van der Waals surface area contributed by atoms with Gasteiger partial charge in [-0.15, -0.1) is 11.6 Å². The van der Waals surface area contributed by atoms with Crippen LogP contribution in [0.5, 0.6) is 0 Å². The van der Waals surface area contributed by atoms with Gasteiger partial charge in [-0.3, -0.25) is 4.79 Å². The van der Waals surface area contributed by atoms with Gasteiger partial charge in [0.15, 0.2) is 0 Å². The molecule has 1 fully saturated rings. The summed E-state index contributed by atoms with van der Waals surface area (Å²) in [5.74, 6) is -1.17. The number of aliphatic carboxylic acids is 1. The van der Waals surface area contributed by atoms with Crippen LogP contribution in [-0.2, 0) is 9.59 Å². The van der Waals surface area contributed by atoms with Crippen molar-refractivity contribution < 1.29 is 14.7 Å². The summed E-state index contributed by atoms with van der Waals surface area (Å²) in [6.45, 7) is 1.82. The Hall–Kier alpha value is -0.770. The number of likely N-dealkylation sites (tertiary alicyclic amines) is 1. The second-order valence-electron chi connectivity index (χ2n) is 2.86. The summed E-state index contributed by atoms with van der Waals surface area (Å²) in [5, 5.41) is 8.37. The van der Waals surface area contributed by atoms with E-state index >= 15 is 0 Å². The lowest BCUT2D eigenvalue weighted by molar-refractivity contribution is -0.147. The van der Waals surface area contributed by atoms with Crippen LogP contribution in [0.25, 0.3) is 0 Å². The lowest BCUT2D eigenvalue weighted by atomic mass is 10.3. The molecule has 5 heteroatoms. The van der Waals surface area contributed by atoms with E-state index in [1.807, 2.05) is 0 Å². The third-order valence-corrected chi connectivity index (χ3v) is 2.23. The topological polar surface area (TPSA) is 57.6 Å². The third kappa shape index (κ3) is 1.69. The number of amides is 1. The van der Waals surface area contributed by atoms with Crippen molar-refractivity contribution in [1.29, 1.82) is 0 Å². The molecular formula is C7H10ClNO3. The van der Waals surface area contributed by atoms with Crippen molar-refractivity contribution in [2.45, 2.75) is 24.8 Å². The molecule has 12 heavy (non-hydrogen) atoms. The Bertz CT molecular complexity index is 219. The zero-order valence-electron chi connectivity index (χ0n) is 6.66. The lowest BCUT2D eigenvalue weighted by Crippen LogP contribution is -2.40. The molecule has 1 saturated heterocycles. The van der Waals surface area contributed by atoms with Crippen LogP contribution in [0.2, 0.25) is 0 Å². The molecule has 4 nitrogen and oxygen atoms in total. The minimum atomic E-state index is -0.992. The van der Waals surface area contributed by atoms with Gasteiger partial charge in [-0.05, 0) is 6.92 Å². The van der Waals surface area contributed by atoms with Crippen LogP contribution in [-0.4, -0.2) is 39.8 Å². The number of rotatable bonds is 2. The van der Waals surface area contributed by atoms with Crippen molar-refractivity contribution in [3.63, 3.8) is 0 Å². The van der Waals surface area contributed by atoms with Gasteiger partial charge in [0.25, 0.3) is 0 Å². The summed E-state index contributed by atoms with van der Waals surface area (Å²) in [7, 11) is 0. The SMILES string of the molecule is CC(C(=O)O)N1CC(Cl)CC1=O. The van der Waals surface area contributed by atoms with Crippen molar-refractivity contribution in [2.24, 2.45) is 0 Å². The molecule has 0 bridgehead atoms. The van der Waals surface area contributed by atoms with Crippen molar-refractivity contribution in [1.82, 2.24) is 4.90 Å². The van der Waals surface area contributed by atoms with E-state index in [0.29, 0.717) is 6.54 Å². The summed E-state index contributed by atoms with van der Waals surface area (Å²) >= 11 is 5.70. The number of halogens is 1. The number of hydrogen-bond donors (Lipinski definition) is 1. The zero-order valence-corrected chi connectivity index (χ0v) is 7.41. The Morgan fingerprint density at radius 1 is 1.83 bits per heavy atom. The highest BCUT2D eigenvalue weighted by atomic mass is 35.5. The fourth-order valence-corrected chi connectivity index (χ4v) is 1.47. The van der Waals surface area contributed by atoms with E-state index in [-0.39, 0.29) is 17.7 Å². The normalized spacial score (nSPS) is 26.0. The Labute approximate surface area is 75.1 Å². The first kappa shape index (κ1) is 9.32. The molecule has 1 amide bonds. The molecule has 1 aliphatic heterocycles. The van der Waals surface area contributed by atoms with Gasteiger partial charge in [0, 0.05) is 13.0 Å². The Morgan fingerprint density at radius 3 is 2.75 bits per heavy atom. The molecule has 0 aliphatic carbocycles. The van der Waals surface area contributed by atoms with Crippen LogP contribution in [0.1, 0.15) is 13.3 Å². The molecule has 68 valence electrons. The van der Waals surface area contributed by atoms with Gasteiger partial charge in [0.05, 0.1) is 5.38 Å². The minimum Gasteiger partial charge on any atom is -0.480 e. The highest BCUT2D eigenvalue weighted by Gasteiger charge is 2.34. The fourth-order valence-electron chi connectivity index (χ4n) is 1.19. The summed E-state index contributed by atoms with van der Waals surface area (Å²) < 4.78 is 0. The maximum absolute atomic E-state index is 11.1. The predicted molar refractivity (Wildman–Crippen MR) is 43.1 cm³/mol. The number of carboxylic acids is 1. The highest BCUT2D eigenvalue weighted by molar-refractivity contribution is 6.22. The molecule has 0 aromatic rings. The van der Waals surface area contributed by atoms with E-state index in [9.17, 15) is 9.59 Å². The number of hydrogen-bond acceptors (Lipinski definition) is 2. The van der Waals surface area contributed by atoms with Crippen molar-refractivity contribution >= 4 is 23.5 Å². The van der Waals surface area contributed by atoms with Crippen molar-refractivity contribution in [3.05, 3.63) is 0 Å². The summed E-state index contributed by atoms with van der Waals surface area (Å²) in [5.41, 5.74) is 0. The molecule has 2 atom stereocenters. The molecule has 0 saturated carbocycles. The second kappa shape index (κ2) is 3.31. The Balaban J connectivity index is 2.64. The Kier molecular flexibility index (Phi) is 2.57. The molecule has 0 radical (unpaired) electrons. The van der Waals surface area contributed by atoms with Crippen LogP contribution in [0.15, 0.2) is 0 Å². The van der Waals surface area contributed by atoms with E-state index in [4.69, 9.17) is 16.7 Å². The van der Waals surface area contributed by atoms with Gasteiger partial charge >= 0.3 is 5.97 Å². The summed E-state index contributed by atoms with van der Waals surface area (Å²) in [4.78, 5) is 22.9. The molecule has 0 aromatic carbocycles. The fraction of sp³-hybridized carbons (Fsp3) is 0.714. The molecule has 0 spiro atoms. The number of nitrogens with zero attached hydrogens (tertiary/aromatic N) is 1. The van der Waals surface area contributed by atoms with Gasteiger partial charge < -0.3 is 10.0 Å². The van der Waals surface area contributed by atoms with Crippen LogP contribution in [0, 0.1) is 0 Å². The molecule has 2 unspecified atom stereocenters. The predicted octanol–water partition coefficient (Wildman–Crippen LogP) is 0.299. The molecule has 1 aliphatic rings. The molecule has 0 aromatic heterocycles. The van der Waals surface area contributed by atoms with Gasteiger partial charge in [0.2, 0.25) is 5.91 Å². The quantitative estimate of drug-likeness (QED) is 0.639. The first-order valence-corrected chi connectivity index (χ1v) is 4.12. The highest BCUT2D eigenvalue weighted by Crippen LogP contribution is 2.18. The number of carbonyl (C=O) groups excluding carboxylic acids is 1. The van der Waals surface area contributed by atoms with Gasteiger partial charge in [0.1, 0.15) is 6.04 Å². The van der Waals surface area contributed by atoms with Crippen LogP contribution >= 0.6 is 11.6 Å². The van der Waals surface area contributed by atoms with Gasteiger partial charge in [-0.2, -0.15) is 0 Å². The summed E-state index contributed by atoms with van der Waals surface area (Å²) in [6, 6.07) is -0.763. The van der Waals surface area contributed by atoms with Gasteiger partial charge in [-0.1, -0.05) is 0 Å². The Morgan fingerprint density at radius 2 is 2.42 bits per heavy atom. The smallest absolute Gasteiger partial charge is 0.326 e. The standard InChI is InChI=1S/C7H10ClNO3/c1-4(7(11)12)9-3-5(8)2-6(9)10/h4-5H,2-3H2,1H3,(H,11,12). The average molecular weight is 192 g/mol. The third-order valence-electron chi connectivity index (χ3n) is 1.94.